The average Bonchev–Trinajstić information content (AvgIpc) is 2.62. The lowest BCUT2D eigenvalue weighted by Gasteiger charge is -2.46. The van der Waals surface area contributed by atoms with E-state index < -0.39 is 0 Å². The Balaban J connectivity index is 0.00000196. The van der Waals surface area contributed by atoms with Gasteiger partial charge in [-0.25, -0.2) is 0 Å². The van der Waals surface area contributed by atoms with Crippen molar-refractivity contribution in [3.05, 3.63) is 35.9 Å². The van der Waals surface area contributed by atoms with Crippen molar-refractivity contribution in [2.24, 2.45) is 23.5 Å². The molecule has 3 nitrogen and oxygen atoms in total. The van der Waals surface area contributed by atoms with Gasteiger partial charge in [-0.2, -0.15) is 0 Å². The van der Waals surface area contributed by atoms with Crippen LogP contribution >= 0.6 is 12.4 Å². The third kappa shape index (κ3) is 4.09. The van der Waals surface area contributed by atoms with Crippen molar-refractivity contribution in [3.8, 4) is 0 Å². The Bertz CT molecular complexity index is 579. The van der Waals surface area contributed by atoms with Crippen LogP contribution in [-0.4, -0.2) is 29.4 Å². The molecule has 1 amide bonds. The van der Waals surface area contributed by atoms with Gasteiger partial charge in [-0.05, 0) is 68.8 Å². The Morgan fingerprint density at radius 2 is 1.69 bits per heavy atom. The van der Waals surface area contributed by atoms with Gasteiger partial charge in [0.05, 0.1) is 0 Å². The van der Waals surface area contributed by atoms with E-state index in [1.165, 1.54) is 31.2 Å². The molecule has 3 aliphatic rings. The van der Waals surface area contributed by atoms with Crippen LogP contribution in [-0.2, 0) is 11.2 Å². The van der Waals surface area contributed by atoms with Gasteiger partial charge in [0.2, 0.25) is 5.91 Å². The number of nitrogens with zero attached hydrogens (tertiary/aromatic N) is 1. The molecule has 144 valence electrons. The summed E-state index contributed by atoms with van der Waals surface area (Å²) in [4.78, 5) is 15.6. The Morgan fingerprint density at radius 1 is 1.00 bits per heavy atom. The molecule has 0 radical (unpaired) electrons. The number of halogens is 1. The quantitative estimate of drug-likeness (QED) is 0.859. The number of hydrogen-bond acceptors (Lipinski definition) is 2. The van der Waals surface area contributed by atoms with Crippen LogP contribution in [0.5, 0.6) is 0 Å². The molecular weight excluding hydrogens is 344 g/mol. The summed E-state index contributed by atoms with van der Waals surface area (Å²) < 4.78 is 0. The number of rotatable bonds is 3. The van der Waals surface area contributed by atoms with E-state index in [4.69, 9.17) is 5.73 Å². The van der Waals surface area contributed by atoms with Gasteiger partial charge in [-0.3, -0.25) is 4.79 Å². The minimum atomic E-state index is 0. The fourth-order valence-electron chi connectivity index (χ4n) is 5.61. The number of carbonyl (C=O) groups is 1. The van der Waals surface area contributed by atoms with Gasteiger partial charge in [0.1, 0.15) is 0 Å². The van der Waals surface area contributed by atoms with Gasteiger partial charge in [0.15, 0.2) is 0 Å². The lowest BCUT2D eigenvalue weighted by Crippen LogP contribution is -2.52. The molecule has 2 N–H and O–H groups in total. The maximum absolute atomic E-state index is 13.4. The average molecular weight is 377 g/mol. The minimum absolute atomic E-state index is 0. The first kappa shape index (κ1) is 19.7. The van der Waals surface area contributed by atoms with Crippen molar-refractivity contribution in [3.63, 3.8) is 0 Å². The number of hydrogen-bond donors (Lipinski definition) is 1. The molecule has 3 atom stereocenters. The van der Waals surface area contributed by atoms with E-state index in [0.717, 1.165) is 38.6 Å². The fraction of sp³-hybridized carbons (Fsp3) is 0.682. The summed E-state index contributed by atoms with van der Waals surface area (Å²) in [5.74, 6) is 1.83. The molecule has 0 spiro atoms. The van der Waals surface area contributed by atoms with E-state index in [1.54, 1.807) is 0 Å². The van der Waals surface area contributed by atoms with E-state index >= 15 is 0 Å². The predicted octanol–water partition coefficient (Wildman–Crippen LogP) is 4.19. The highest BCUT2D eigenvalue weighted by molar-refractivity contribution is 5.85. The summed E-state index contributed by atoms with van der Waals surface area (Å²) in [6.07, 6.45) is 10.4. The summed E-state index contributed by atoms with van der Waals surface area (Å²) >= 11 is 0. The second-order valence-corrected chi connectivity index (χ2v) is 8.57. The van der Waals surface area contributed by atoms with Gasteiger partial charge in [0.25, 0.3) is 0 Å². The third-order valence-electron chi connectivity index (χ3n) is 6.99. The summed E-state index contributed by atoms with van der Waals surface area (Å²) in [6.45, 7) is 0.953. The molecule has 4 heteroatoms. The van der Waals surface area contributed by atoms with Crippen LogP contribution < -0.4 is 5.73 Å². The van der Waals surface area contributed by atoms with Gasteiger partial charge < -0.3 is 10.6 Å². The number of likely N-dealkylation sites (tertiary alicyclic amines) is 1. The van der Waals surface area contributed by atoms with E-state index in [-0.39, 0.29) is 18.3 Å². The molecule has 3 fully saturated rings. The van der Waals surface area contributed by atoms with E-state index in [2.05, 4.69) is 35.2 Å². The zero-order valence-electron chi connectivity index (χ0n) is 15.7. The summed E-state index contributed by atoms with van der Waals surface area (Å²) in [6, 6.07) is 11.4. The number of carbonyl (C=O) groups excluding carboxylic acids is 1. The number of piperidine rings is 1. The second kappa shape index (κ2) is 8.75. The number of nitrogens with two attached hydrogens (primary N) is 1. The largest absolute Gasteiger partial charge is 0.339 e. The van der Waals surface area contributed by atoms with Crippen LogP contribution in [0.1, 0.15) is 56.9 Å². The highest BCUT2D eigenvalue weighted by atomic mass is 35.5. The molecule has 1 aromatic rings. The maximum atomic E-state index is 13.4. The lowest BCUT2D eigenvalue weighted by molar-refractivity contribution is -0.142. The molecular formula is C22H33ClN2O. The number of benzene rings is 1. The van der Waals surface area contributed by atoms with Gasteiger partial charge in [-0.15, -0.1) is 12.4 Å². The van der Waals surface area contributed by atoms with Crippen molar-refractivity contribution < 1.29 is 4.79 Å². The molecule has 1 aliphatic heterocycles. The smallest absolute Gasteiger partial charge is 0.225 e. The molecule has 2 saturated carbocycles. The molecule has 26 heavy (non-hydrogen) atoms. The predicted molar refractivity (Wildman–Crippen MR) is 108 cm³/mol. The molecule has 0 aromatic heterocycles. The molecule has 1 aromatic carbocycles. The molecule has 3 unspecified atom stereocenters. The minimum Gasteiger partial charge on any atom is -0.339 e. The van der Waals surface area contributed by atoms with Gasteiger partial charge >= 0.3 is 0 Å². The second-order valence-electron chi connectivity index (χ2n) is 8.57. The van der Waals surface area contributed by atoms with Crippen LogP contribution in [0.2, 0.25) is 0 Å². The zero-order chi connectivity index (χ0) is 17.2. The highest BCUT2D eigenvalue weighted by Crippen LogP contribution is 2.43. The lowest BCUT2D eigenvalue weighted by atomic mass is 9.64. The topological polar surface area (TPSA) is 46.3 Å². The monoisotopic (exact) mass is 376 g/mol. The Labute approximate surface area is 164 Å². The molecule has 1 heterocycles. The van der Waals surface area contributed by atoms with Crippen molar-refractivity contribution in [2.45, 2.75) is 69.9 Å². The first-order chi connectivity index (χ1) is 12.2. The maximum Gasteiger partial charge on any atom is 0.225 e. The van der Waals surface area contributed by atoms with Crippen molar-refractivity contribution in [1.82, 2.24) is 4.90 Å². The number of fused-ring (bicyclic) bond motifs is 2. The Morgan fingerprint density at radius 3 is 2.38 bits per heavy atom. The number of amides is 1. The highest BCUT2D eigenvalue weighted by Gasteiger charge is 2.42. The SMILES string of the molecule is Cl.NC1C2CCCC1CC(C(=O)N1CCCCC1Cc1ccccc1)C2. The van der Waals surface area contributed by atoms with Crippen LogP contribution in [0.4, 0.5) is 0 Å². The Hall–Kier alpha value is -1.06. The van der Waals surface area contributed by atoms with E-state index in [0.29, 0.717) is 29.8 Å². The molecule has 2 aliphatic carbocycles. The molecule has 1 saturated heterocycles. The third-order valence-corrected chi connectivity index (χ3v) is 6.99. The van der Waals surface area contributed by atoms with Crippen LogP contribution in [0.3, 0.4) is 0 Å². The summed E-state index contributed by atoms with van der Waals surface area (Å²) in [7, 11) is 0. The van der Waals surface area contributed by atoms with Gasteiger partial charge in [0, 0.05) is 24.5 Å². The van der Waals surface area contributed by atoms with Crippen molar-refractivity contribution >= 4 is 18.3 Å². The first-order valence-corrected chi connectivity index (χ1v) is 10.3. The van der Waals surface area contributed by atoms with Crippen molar-refractivity contribution in [2.75, 3.05) is 6.54 Å². The van der Waals surface area contributed by atoms with Crippen molar-refractivity contribution in [1.29, 1.82) is 0 Å². The fourth-order valence-corrected chi connectivity index (χ4v) is 5.61. The Kier molecular flexibility index (Phi) is 6.63. The van der Waals surface area contributed by atoms with Crippen LogP contribution in [0.15, 0.2) is 30.3 Å². The van der Waals surface area contributed by atoms with Crippen LogP contribution in [0, 0.1) is 17.8 Å². The zero-order valence-corrected chi connectivity index (χ0v) is 16.5. The van der Waals surface area contributed by atoms with Gasteiger partial charge in [-0.1, -0.05) is 36.8 Å². The first-order valence-electron chi connectivity index (χ1n) is 10.3. The van der Waals surface area contributed by atoms with Crippen LogP contribution in [0.25, 0.3) is 0 Å². The van der Waals surface area contributed by atoms with E-state index in [1.807, 2.05) is 0 Å². The normalized spacial score (nSPS) is 34.0. The molecule has 4 rings (SSSR count). The molecule has 2 bridgehead atoms. The summed E-state index contributed by atoms with van der Waals surface area (Å²) in [5, 5.41) is 0. The van der Waals surface area contributed by atoms with E-state index in [9.17, 15) is 4.79 Å². The standard InChI is InChI=1S/C22H32N2O.ClH/c23-21-17-9-6-10-18(21)15-19(14-17)22(25)24-12-5-4-11-20(24)13-16-7-2-1-3-8-16;/h1-3,7-8,17-21H,4-6,9-15,23H2;1H. The summed E-state index contributed by atoms with van der Waals surface area (Å²) in [5.41, 5.74) is 7.79.